The summed E-state index contributed by atoms with van der Waals surface area (Å²) in [5.74, 6) is -0.387. The lowest BCUT2D eigenvalue weighted by molar-refractivity contribution is 0.0628. The zero-order chi connectivity index (χ0) is 23.4. The number of H-pyrrole nitrogens is 2. The van der Waals surface area contributed by atoms with E-state index in [-0.39, 0.29) is 23.9 Å². The van der Waals surface area contributed by atoms with Gasteiger partial charge in [0, 0.05) is 11.1 Å². The molecule has 1 aliphatic rings. The molecule has 0 unspecified atom stereocenters. The van der Waals surface area contributed by atoms with Crippen LogP contribution in [0.25, 0.3) is 22.1 Å². The molecular formula is C25H17N5O4. The van der Waals surface area contributed by atoms with E-state index in [9.17, 15) is 14.4 Å². The number of aromatic carboxylic acids is 1. The molecule has 3 heterocycles. The van der Waals surface area contributed by atoms with Crippen molar-refractivity contribution in [2.24, 2.45) is 0 Å². The molecule has 0 radical (unpaired) electrons. The lowest BCUT2D eigenvalue weighted by Gasteiger charge is -2.13. The van der Waals surface area contributed by atoms with Crippen molar-refractivity contribution in [1.29, 1.82) is 0 Å². The fourth-order valence-corrected chi connectivity index (χ4v) is 4.28. The third kappa shape index (κ3) is 3.22. The molecule has 0 atom stereocenters. The summed E-state index contributed by atoms with van der Waals surface area (Å²) in [5.41, 5.74) is 4.62. The number of carboxylic acid groups (broad SMARTS) is 1. The number of aromatic nitrogens is 4. The molecule has 6 rings (SSSR count). The van der Waals surface area contributed by atoms with Crippen molar-refractivity contribution in [2.75, 3.05) is 0 Å². The summed E-state index contributed by atoms with van der Waals surface area (Å²) in [5, 5.41) is 9.16. The Morgan fingerprint density at radius 1 is 0.882 bits per heavy atom. The Bertz CT molecular complexity index is 1650. The first-order valence-corrected chi connectivity index (χ1v) is 10.6. The Morgan fingerprint density at radius 2 is 1.50 bits per heavy atom. The van der Waals surface area contributed by atoms with Crippen LogP contribution in [0.1, 0.15) is 48.3 Å². The summed E-state index contributed by atoms with van der Waals surface area (Å²) in [6, 6.07) is 17.1. The van der Waals surface area contributed by atoms with Gasteiger partial charge >= 0.3 is 5.97 Å². The Morgan fingerprint density at radius 3 is 2.15 bits per heavy atom. The largest absolute Gasteiger partial charge is 0.478 e. The molecule has 3 aromatic carbocycles. The van der Waals surface area contributed by atoms with Gasteiger partial charge in [-0.3, -0.25) is 14.5 Å². The molecule has 0 fully saturated rings. The second kappa shape index (κ2) is 7.38. The highest BCUT2D eigenvalue weighted by Gasteiger charge is 2.32. The Labute approximate surface area is 192 Å². The number of carbonyl (C=O) groups excluding carboxylic acids is 2. The van der Waals surface area contributed by atoms with E-state index in [0.717, 1.165) is 16.6 Å². The summed E-state index contributed by atoms with van der Waals surface area (Å²) in [6.07, 6.45) is 0.370. The number of hydrogen-bond acceptors (Lipinski definition) is 5. The third-order valence-corrected chi connectivity index (χ3v) is 5.96. The average Bonchev–Trinajstić information content (AvgIpc) is 3.52. The molecule has 166 valence electrons. The second-order valence-corrected chi connectivity index (χ2v) is 8.17. The predicted molar refractivity (Wildman–Crippen MR) is 123 cm³/mol. The summed E-state index contributed by atoms with van der Waals surface area (Å²) < 4.78 is 0. The molecule has 5 aromatic rings. The fraction of sp³-hybridized carbons (Fsp3) is 0.0800. The van der Waals surface area contributed by atoms with Crippen molar-refractivity contribution >= 4 is 39.9 Å². The Hall–Kier alpha value is -4.79. The van der Waals surface area contributed by atoms with Gasteiger partial charge in [0.2, 0.25) is 0 Å². The lowest BCUT2D eigenvalue weighted by atomic mass is 10.1. The third-order valence-electron chi connectivity index (χ3n) is 5.96. The van der Waals surface area contributed by atoms with Crippen molar-refractivity contribution in [2.45, 2.75) is 13.0 Å². The highest BCUT2D eigenvalue weighted by atomic mass is 16.4. The van der Waals surface area contributed by atoms with Crippen molar-refractivity contribution < 1.29 is 19.5 Å². The van der Waals surface area contributed by atoms with E-state index >= 15 is 0 Å². The molecule has 0 saturated heterocycles. The first-order valence-electron chi connectivity index (χ1n) is 10.6. The number of carbonyl (C=O) groups is 3. The number of nitrogens with one attached hydrogen (secondary N) is 2. The van der Waals surface area contributed by atoms with Crippen LogP contribution < -0.4 is 0 Å². The van der Waals surface area contributed by atoms with Crippen LogP contribution in [0.15, 0.2) is 60.7 Å². The maximum Gasteiger partial charge on any atom is 0.335 e. The van der Waals surface area contributed by atoms with Gasteiger partial charge in [-0.05, 0) is 48.0 Å². The minimum atomic E-state index is -1.01. The quantitative estimate of drug-likeness (QED) is 0.358. The first-order chi connectivity index (χ1) is 16.5. The van der Waals surface area contributed by atoms with Gasteiger partial charge in [0.25, 0.3) is 11.8 Å². The maximum atomic E-state index is 13.1. The van der Waals surface area contributed by atoms with Gasteiger partial charge in [0.05, 0.1) is 40.6 Å². The monoisotopic (exact) mass is 451 g/mol. The van der Waals surface area contributed by atoms with Crippen LogP contribution in [0.3, 0.4) is 0 Å². The zero-order valence-corrected chi connectivity index (χ0v) is 17.7. The zero-order valence-electron chi connectivity index (χ0n) is 17.7. The second-order valence-electron chi connectivity index (χ2n) is 8.17. The molecule has 3 N–H and O–H groups in total. The van der Waals surface area contributed by atoms with E-state index in [4.69, 9.17) is 5.11 Å². The standard InChI is InChI=1S/C25H17N5O4/c31-23(30-12-15-3-1-2-4-16(15)24(30)32)13-5-7-17-19(9-13)28-21(26-17)11-22-27-18-8-6-14(25(33)34)10-20(18)29-22/h1-10H,11-12H2,(H,26,28)(H,27,29)(H,33,34). The minimum absolute atomic E-state index is 0.172. The van der Waals surface area contributed by atoms with Crippen molar-refractivity contribution in [3.8, 4) is 0 Å². The number of nitrogens with zero attached hydrogens (tertiary/aromatic N) is 3. The van der Waals surface area contributed by atoms with Gasteiger partial charge in [-0.1, -0.05) is 18.2 Å². The lowest BCUT2D eigenvalue weighted by Crippen LogP contribution is -2.31. The number of fused-ring (bicyclic) bond motifs is 3. The van der Waals surface area contributed by atoms with Crippen LogP contribution >= 0.6 is 0 Å². The SMILES string of the molecule is O=C(O)c1ccc2[nH]c(Cc3nc4cc(C(=O)N5Cc6ccccc6C5=O)ccc4[nH]3)nc2c1. The summed E-state index contributed by atoms with van der Waals surface area (Å²) >= 11 is 0. The van der Waals surface area contributed by atoms with Gasteiger partial charge < -0.3 is 15.1 Å². The molecule has 2 aromatic heterocycles. The highest BCUT2D eigenvalue weighted by Crippen LogP contribution is 2.25. The molecule has 0 saturated carbocycles. The molecule has 1 aliphatic heterocycles. The highest BCUT2D eigenvalue weighted by molar-refractivity contribution is 6.13. The number of imide groups is 1. The number of aromatic amines is 2. The fourth-order valence-electron chi connectivity index (χ4n) is 4.28. The molecule has 2 amide bonds. The number of carboxylic acids is 1. The van der Waals surface area contributed by atoms with E-state index in [1.165, 1.54) is 17.0 Å². The van der Waals surface area contributed by atoms with Crippen LogP contribution in [0.4, 0.5) is 0 Å². The predicted octanol–water partition coefficient (Wildman–Crippen LogP) is 3.52. The van der Waals surface area contributed by atoms with E-state index in [0.29, 0.717) is 40.2 Å². The van der Waals surface area contributed by atoms with Crippen LogP contribution in [-0.4, -0.2) is 47.7 Å². The normalized spacial score (nSPS) is 13.1. The molecule has 0 bridgehead atoms. The first kappa shape index (κ1) is 19.9. The number of hydrogen-bond donors (Lipinski definition) is 3. The number of imidazole rings is 2. The molecule has 9 heteroatoms. The van der Waals surface area contributed by atoms with Gasteiger partial charge in [0.15, 0.2) is 0 Å². The summed E-state index contributed by atoms with van der Waals surface area (Å²) in [7, 11) is 0. The molecule has 0 spiro atoms. The molecule has 34 heavy (non-hydrogen) atoms. The number of amides is 2. The van der Waals surface area contributed by atoms with Gasteiger partial charge in [-0.25, -0.2) is 14.8 Å². The molecule has 9 nitrogen and oxygen atoms in total. The van der Waals surface area contributed by atoms with Crippen molar-refractivity contribution in [3.05, 3.63) is 94.6 Å². The van der Waals surface area contributed by atoms with Crippen LogP contribution in [0.2, 0.25) is 0 Å². The van der Waals surface area contributed by atoms with Gasteiger partial charge in [-0.2, -0.15) is 0 Å². The van der Waals surface area contributed by atoms with E-state index in [1.807, 2.05) is 12.1 Å². The summed E-state index contributed by atoms with van der Waals surface area (Å²) in [6.45, 7) is 0.257. The van der Waals surface area contributed by atoms with E-state index in [1.54, 1.807) is 36.4 Å². The van der Waals surface area contributed by atoms with Gasteiger partial charge in [0.1, 0.15) is 11.6 Å². The van der Waals surface area contributed by atoms with E-state index < -0.39 is 5.97 Å². The Balaban J connectivity index is 1.26. The van der Waals surface area contributed by atoms with Crippen LogP contribution in [-0.2, 0) is 13.0 Å². The maximum absolute atomic E-state index is 13.1. The Kier molecular flexibility index (Phi) is 4.31. The average molecular weight is 451 g/mol. The van der Waals surface area contributed by atoms with Crippen molar-refractivity contribution in [3.63, 3.8) is 0 Å². The molecular weight excluding hydrogens is 434 g/mol. The number of benzene rings is 3. The smallest absolute Gasteiger partial charge is 0.335 e. The van der Waals surface area contributed by atoms with E-state index in [2.05, 4.69) is 19.9 Å². The topological polar surface area (TPSA) is 132 Å². The number of rotatable bonds is 4. The molecule has 0 aliphatic carbocycles. The van der Waals surface area contributed by atoms with Crippen LogP contribution in [0, 0.1) is 0 Å². The minimum Gasteiger partial charge on any atom is -0.478 e. The van der Waals surface area contributed by atoms with Crippen LogP contribution in [0.5, 0.6) is 0 Å². The van der Waals surface area contributed by atoms with Gasteiger partial charge in [-0.15, -0.1) is 0 Å². The summed E-state index contributed by atoms with van der Waals surface area (Å²) in [4.78, 5) is 53.6. The van der Waals surface area contributed by atoms with Crippen molar-refractivity contribution in [1.82, 2.24) is 24.8 Å².